The zero-order valence-electron chi connectivity index (χ0n) is 16.0. The SMILES string of the molecule is Cc1ccc(C(C)C)c(OCc2ccc(C(=O)NC3CCCCC3)o2)c1. The Morgan fingerprint density at radius 2 is 1.96 bits per heavy atom. The van der Waals surface area contributed by atoms with E-state index in [1.54, 1.807) is 6.07 Å². The molecule has 0 aliphatic heterocycles. The first kappa shape index (κ1) is 18.6. The molecular weight excluding hydrogens is 326 g/mol. The normalized spacial score (nSPS) is 15.2. The maximum atomic E-state index is 12.3. The summed E-state index contributed by atoms with van der Waals surface area (Å²) in [5.74, 6) is 2.17. The second-order valence-corrected chi connectivity index (χ2v) is 7.56. The summed E-state index contributed by atoms with van der Waals surface area (Å²) in [6.07, 6.45) is 5.78. The molecule has 1 aromatic carbocycles. The molecule has 1 N–H and O–H groups in total. The third-order valence-electron chi connectivity index (χ3n) is 4.99. The Morgan fingerprint density at radius 3 is 2.69 bits per heavy atom. The Balaban J connectivity index is 1.60. The molecule has 0 bridgehead atoms. The zero-order valence-corrected chi connectivity index (χ0v) is 16.0. The molecule has 3 rings (SSSR count). The van der Waals surface area contributed by atoms with Crippen molar-refractivity contribution in [3.8, 4) is 5.75 Å². The molecule has 1 amide bonds. The van der Waals surface area contributed by atoms with Crippen LogP contribution in [-0.2, 0) is 6.61 Å². The van der Waals surface area contributed by atoms with Gasteiger partial charge in [0.2, 0.25) is 0 Å². The minimum atomic E-state index is -0.124. The Morgan fingerprint density at radius 1 is 1.19 bits per heavy atom. The molecule has 1 fully saturated rings. The van der Waals surface area contributed by atoms with Crippen molar-refractivity contribution in [3.63, 3.8) is 0 Å². The number of benzene rings is 1. The largest absolute Gasteiger partial charge is 0.485 e. The first-order valence-electron chi connectivity index (χ1n) is 9.66. The van der Waals surface area contributed by atoms with Gasteiger partial charge >= 0.3 is 0 Å². The third kappa shape index (κ3) is 4.69. The maximum absolute atomic E-state index is 12.3. The van der Waals surface area contributed by atoms with E-state index in [1.807, 2.05) is 6.07 Å². The number of amides is 1. The number of hydrogen-bond donors (Lipinski definition) is 1. The van der Waals surface area contributed by atoms with E-state index in [2.05, 4.69) is 44.3 Å². The van der Waals surface area contributed by atoms with Crippen molar-refractivity contribution < 1.29 is 13.9 Å². The van der Waals surface area contributed by atoms with Crippen LogP contribution in [0.3, 0.4) is 0 Å². The van der Waals surface area contributed by atoms with E-state index >= 15 is 0 Å². The summed E-state index contributed by atoms with van der Waals surface area (Å²) in [6, 6.07) is 10.1. The van der Waals surface area contributed by atoms with Crippen LogP contribution in [0.2, 0.25) is 0 Å². The van der Waals surface area contributed by atoms with E-state index in [0.29, 0.717) is 24.0 Å². The molecule has 26 heavy (non-hydrogen) atoms. The van der Waals surface area contributed by atoms with Gasteiger partial charge in [0, 0.05) is 6.04 Å². The highest BCUT2D eigenvalue weighted by Crippen LogP contribution is 2.28. The van der Waals surface area contributed by atoms with Crippen LogP contribution in [0.4, 0.5) is 0 Å². The van der Waals surface area contributed by atoms with E-state index in [9.17, 15) is 4.79 Å². The summed E-state index contributed by atoms with van der Waals surface area (Å²) in [4.78, 5) is 12.3. The molecule has 1 aliphatic rings. The topological polar surface area (TPSA) is 51.5 Å². The summed E-state index contributed by atoms with van der Waals surface area (Å²) in [5.41, 5.74) is 2.34. The molecule has 4 nitrogen and oxygen atoms in total. The van der Waals surface area contributed by atoms with Crippen molar-refractivity contribution in [2.75, 3.05) is 0 Å². The Hall–Kier alpha value is -2.23. The highest BCUT2D eigenvalue weighted by Gasteiger charge is 2.19. The minimum absolute atomic E-state index is 0.124. The molecule has 0 unspecified atom stereocenters. The van der Waals surface area contributed by atoms with Gasteiger partial charge in [0.25, 0.3) is 5.91 Å². The predicted octanol–water partition coefficient (Wildman–Crippen LogP) is 5.35. The van der Waals surface area contributed by atoms with Gasteiger partial charge in [-0.3, -0.25) is 4.79 Å². The molecule has 0 radical (unpaired) electrons. The summed E-state index contributed by atoms with van der Waals surface area (Å²) in [6.45, 7) is 6.67. The number of carbonyl (C=O) groups is 1. The van der Waals surface area contributed by atoms with Crippen molar-refractivity contribution in [1.82, 2.24) is 5.32 Å². The van der Waals surface area contributed by atoms with Gasteiger partial charge in [0.1, 0.15) is 18.1 Å². The second kappa shape index (κ2) is 8.43. The van der Waals surface area contributed by atoms with Crippen LogP contribution >= 0.6 is 0 Å². The average Bonchev–Trinajstić information content (AvgIpc) is 3.10. The van der Waals surface area contributed by atoms with Crippen molar-refractivity contribution in [2.24, 2.45) is 0 Å². The first-order valence-corrected chi connectivity index (χ1v) is 9.66. The van der Waals surface area contributed by atoms with Crippen molar-refractivity contribution >= 4 is 5.91 Å². The predicted molar refractivity (Wildman–Crippen MR) is 103 cm³/mol. The molecule has 1 heterocycles. The minimum Gasteiger partial charge on any atom is -0.485 e. The third-order valence-corrected chi connectivity index (χ3v) is 4.99. The van der Waals surface area contributed by atoms with Crippen LogP contribution in [0.1, 0.15) is 79.3 Å². The lowest BCUT2D eigenvalue weighted by Crippen LogP contribution is -2.35. The number of hydrogen-bond acceptors (Lipinski definition) is 3. The summed E-state index contributed by atoms with van der Waals surface area (Å²) < 4.78 is 11.7. The van der Waals surface area contributed by atoms with Crippen molar-refractivity contribution in [1.29, 1.82) is 0 Å². The molecule has 0 atom stereocenters. The fourth-order valence-electron chi connectivity index (χ4n) is 3.47. The molecule has 0 spiro atoms. The Bertz CT molecular complexity index is 742. The fourth-order valence-corrected chi connectivity index (χ4v) is 3.47. The van der Waals surface area contributed by atoms with Crippen molar-refractivity contribution in [2.45, 2.75) is 71.4 Å². The molecule has 0 saturated heterocycles. The number of rotatable bonds is 6. The Labute approximate surface area is 155 Å². The zero-order chi connectivity index (χ0) is 18.5. The lowest BCUT2D eigenvalue weighted by Gasteiger charge is -2.22. The van der Waals surface area contributed by atoms with Crippen LogP contribution < -0.4 is 10.1 Å². The monoisotopic (exact) mass is 355 g/mol. The standard InChI is InChI=1S/C22H29NO3/c1-15(2)19-11-9-16(3)13-21(19)25-14-18-10-12-20(26-18)22(24)23-17-7-5-4-6-8-17/h9-13,15,17H,4-8,14H2,1-3H3,(H,23,24). The average molecular weight is 355 g/mol. The van der Waals surface area contributed by atoms with Crippen LogP contribution in [-0.4, -0.2) is 11.9 Å². The number of furan rings is 1. The van der Waals surface area contributed by atoms with Crippen LogP contribution in [0.5, 0.6) is 5.75 Å². The summed E-state index contributed by atoms with van der Waals surface area (Å²) in [5, 5.41) is 3.08. The van der Waals surface area contributed by atoms with E-state index in [0.717, 1.165) is 24.2 Å². The molecule has 1 aliphatic carbocycles. The summed E-state index contributed by atoms with van der Waals surface area (Å²) >= 11 is 0. The lowest BCUT2D eigenvalue weighted by atomic mass is 9.95. The number of nitrogens with one attached hydrogen (secondary N) is 1. The van der Waals surface area contributed by atoms with Crippen LogP contribution in [0.25, 0.3) is 0 Å². The maximum Gasteiger partial charge on any atom is 0.287 e. The van der Waals surface area contributed by atoms with E-state index in [1.165, 1.54) is 24.8 Å². The van der Waals surface area contributed by atoms with Crippen LogP contribution in [0.15, 0.2) is 34.7 Å². The second-order valence-electron chi connectivity index (χ2n) is 7.56. The van der Waals surface area contributed by atoms with Crippen LogP contribution in [0, 0.1) is 6.92 Å². The Kier molecular flexibility index (Phi) is 6.02. The smallest absolute Gasteiger partial charge is 0.287 e. The van der Waals surface area contributed by atoms with Gasteiger partial charge in [-0.05, 0) is 55.0 Å². The first-order chi connectivity index (χ1) is 12.5. The van der Waals surface area contributed by atoms with Gasteiger partial charge in [0.15, 0.2) is 5.76 Å². The highest BCUT2D eigenvalue weighted by molar-refractivity contribution is 5.91. The molecule has 1 aromatic heterocycles. The van der Waals surface area contributed by atoms with Crippen molar-refractivity contribution in [3.05, 3.63) is 53.0 Å². The van der Waals surface area contributed by atoms with Gasteiger partial charge in [-0.25, -0.2) is 0 Å². The molecular formula is C22H29NO3. The highest BCUT2D eigenvalue weighted by atomic mass is 16.5. The molecule has 1 saturated carbocycles. The molecule has 2 aromatic rings. The van der Waals surface area contributed by atoms with Gasteiger partial charge in [0.05, 0.1) is 0 Å². The van der Waals surface area contributed by atoms with Gasteiger partial charge in [-0.2, -0.15) is 0 Å². The van der Waals surface area contributed by atoms with Gasteiger partial charge in [-0.15, -0.1) is 0 Å². The lowest BCUT2D eigenvalue weighted by molar-refractivity contribution is 0.0895. The van der Waals surface area contributed by atoms with E-state index in [-0.39, 0.29) is 11.9 Å². The fraction of sp³-hybridized carbons (Fsp3) is 0.500. The number of aryl methyl sites for hydroxylation is 1. The quantitative estimate of drug-likeness (QED) is 0.759. The van der Waals surface area contributed by atoms with E-state index in [4.69, 9.17) is 9.15 Å². The van der Waals surface area contributed by atoms with Gasteiger partial charge < -0.3 is 14.5 Å². The summed E-state index contributed by atoms with van der Waals surface area (Å²) in [7, 11) is 0. The molecule has 140 valence electrons. The number of ether oxygens (including phenoxy) is 1. The molecule has 4 heteroatoms. The number of carbonyl (C=O) groups excluding carboxylic acids is 1. The van der Waals surface area contributed by atoms with Gasteiger partial charge in [-0.1, -0.05) is 45.2 Å². The van der Waals surface area contributed by atoms with E-state index < -0.39 is 0 Å².